The van der Waals surface area contributed by atoms with Crippen molar-refractivity contribution in [3.63, 3.8) is 0 Å². The van der Waals surface area contributed by atoms with Crippen LogP contribution in [0.5, 0.6) is 0 Å². The number of nitrogens with zero attached hydrogens (tertiary/aromatic N) is 1. The Morgan fingerprint density at radius 3 is 2.87 bits per heavy atom. The summed E-state index contributed by atoms with van der Waals surface area (Å²) in [6.07, 6.45) is 4.14. The van der Waals surface area contributed by atoms with Crippen LogP contribution in [0.25, 0.3) is 0 Å². The molecule has 0 saturated heterocycles. The van der Waals surface area contributed by atoms with Crippen LogP contribution >= 0.6 is 11.3 Å². The van der Waals surface area contributed by atoms with Gasteiger partial charge in [-0.15, -0.1) is 17.9 Å². The molecule has 0 aliphatic carbocycles. The smallest absolute Gasteiger partial charge is 0.0897 e. The third-order valence-corrected chi connectivity index (χ3v) is 3.20. The topological polar surface area (TPSA) is 24.9 Å². The summed E-state index contributed by atoms with van der Waals surface area (Å²) in [6.45, 7) is 11.3. The number of thiazole rings is 1. The molecule has 1 unspecified atom stereocenters. The van der Waals surface area contributed by atoms with E-state index < -0.39 is 0 Å². The molecule has 1 rings (SSSR count). The first-order valence-electron chi connectivity index (χ1n) is 5.43. The Bertz CT molecular complexity index is 317. The van der Waals surface area contributed by atoms with Gasteiger partial charge < -0.3 is 5.32 Å². The lowest BCUT2D eigenvalue weighted by Crippen LogP contribution is -2.21. The van der Waals surface area contributed by atoms with E-state index in [0.717, 1.165) is 24.4 Å². The van der Waals surface area contributed by atoms with Crippen LogP contribution in [0, 0.1) is 6.92 Å². The van der Waals surface area contributed by atoms with Crippen LogP contribution in [0.15, 0.2) is 18.3 Å². The predicted octanol–water partition coefficient (Wildman–Crippen LogP) is 3.46. The molecule has 0 saturated carbocycles. The van der Waals surface area contributed by atoms with Gasteiger partial charge in [-0.3, -0.25) is 0 Å². The lowest BCUT2D eigenvalue weighted by molar-refractivity contribution is 0.534. The summed E-state index contributed by atoms with van der Waals surface area (Å²) in [5.41, 5.74) is 1.22. The van der Waals surface area contributed by atoms with Crippen molar-refractivity contribution in [2.24, 2.45) is 0 Å². The van der Waals surface area contributed by atoms with Crippen LogP contribution in [0.4, 0.5) is 0 Å². The summed E-state index contributed by atoms with van der Waals surface area (Å²) in [6, 6.07) is 0.397. The normalized spacial score (nSPS) is 12.7. The van der Waals surface area contributed by atoms with Crippen molar-refractivity contribution in [2.75, 3.05) is 6.54 Å². The van der Waals surface area contributed by atoms with Crippen molar-refractivity contribution < 1.29 is 0 Å². The first-order valence-corrected chi connectivity index (χ1v) is 6.25. The second-order valence-electron chi connectivity index (χ2n) is 3.95. The lowest BCUT2D eigenvalue weighted by Gasteiger charge is -2.16. The van der Waals surface area contributed by atoms with Gasteiger partial charge in [-0.2, -0.15) is 0 Å². The number of aryl methyl sites for hydroxylation is 1. The molecule has 1 atom stereocenters. The Balaban J connectivity index is 2.66. The minimum absolute atomic E-state index is 0.397. The van der Waals surface area contributed by atoms with Crippen molar-refractivity contribution >= 4 is 11.3 Å². The molecular weight excluding hydrogens is 204 g/mol. The van der Waals surface area contributed by atoms with E-state index in [2.05, 4.69) is 30.7 Å². The molecule has 84 valence electrons. The number of aromatic nitrogens is 1. The molecule has 0 aromatic carbocycles. The molecule has 0 fully saturated rings. The number of hydrogen-bond donors (Lipinski definition) is 1. The van der Waals surface area contributed by atoms with Crippen LogP contribution in [-0.4, -0.2) is 11.5 Å². The van der Waals surface area contributed by atoms with Crippen LogP contribution < -0.4 is 5.32 Å². The SMILES string of the molecule is C=C(C)CC(NCCC)c1cnc(C)s1. The summed E-state index contributed by atoms with van der Waals surface area (Å²) < 4.78 is 0. The van der Waals surface area contributed by atoms with E-state index in [1.165, 1.54) is 10.5 Å². The zero-order valence-corrected chi connectivity index (χ0v) is 10.7. The van der Waals surface area contributed by atoms with Gasteiger partial charge in [0.25, 0.3) is 0 Å². The van der Waals surface area contributed by atoms with Gasteiger partial charge in [-0.25, -0.2) is 4.98 Å². The van der Waals surface area contributed by atoms with Crippen LogP contribution in [0.2, 0.25) is 0 Å². The van der Waals surface area contributed by atoms with E-state index >= 15 is 0 Å². The molecule has 1 aromatic rings. The molecule has 1 heterocycles. The molecule has 0 amide bonds. The maximum Gasteiger partial charge on any atom is 0.0897 e. The molecule has 1 N–H and O–H groups in total. The largest absolute Gasteiger partial charge is 0.309 e. The van der Waals surface area contributed by atoms with Gasteiger partial charge in [0.05, 0.1) is 5.01 Å². The van der Waals surface area contributed by atoms with E-state index in [4.69, 9.17) is 0 Å². The van der Waals surface area contributed by atoms with E-state index in [0.29, 0.717) is 6.04 Å². The van der Waals surface area contributed by atoms with Gasteiger partial charge in [0, 0.05) is 17.1 Å². The van der Waals surface area contributed by atoms with Crippen molar-refractivity contribution in [3.05, 3.63) is 28.2 Å². The molecule has 0 aliphatic heterocycles. The Morgan fingerprint density at radius 1 is 1.67 bits per heavy atom. The van der Waals surface area contributed by atoms with Gasteiger partial charge in [0.1, 0.15) is 0 Å². The monoisotopic (exact) mass is 224 g/mol. The zero-order chi connectivity index (χ0) is 11.3. The molecule has 0 spiro atoms. The van der Waals surface area contributed by atoms with E-state index in [1.807, 2.05) is 13.1 Å². The van der Waals surface area contributed by atoms with Crippen molar-refractivity contribution in [2.45, 2.75) is 39.7 Å². The van der Waals surface area contributed by atoms with Gasteiger partial charge in [0.15, 0.2) is 0 Å². The first kappa shape index (κ1) is 12.4. The summed E-state index contributed by atoms with van der Waals surface area (Å²) in [4.78, 5) is 5.62. The molecule has 3 heteroatoms. The third-order valence-electron chi connectivity index (χ3n) is 2.18. The highest BCUT2D eigenvalue weighted by atomic mass is 32.1. The molecule has 15 heavy (non-hydrogen) atoms. The summed E-state index contributed by atoms with van der Waals surface area (Å²) in [5.74, 6) is 0. The fraction of sp³-hybridized carbons (Fsp3) is 0.583. The fourth-order valence-corrected chi connectivity index (χ4v) is 2.34. The first-order chi connectivity index (χ1) is 7.13. The molecule has 0 aliphatic rings. The highest BCUT2D eigenvalue weighted by molar-refractivity contribution is 7.11. The van der Waals surface area contributed by atoms with Gasteiger partial charge in [-0.05, 0) is 33.2 Å². The molecule has 0 bridgehead atoms. The Morgan fingerprint density at radius 2 is 2.40 bits per heavy atom. The zero-order valence-electron chi connectivity index (χ0n) is 9.84. The molecule has 1 aromatic heterocycles. The Kier molecular flexibility index (Phi) is 4.99. The van der Waals surface area contributed by atoms with Crippen LogP contribution in [-0.2, 0) is 0 Å². The average Bonchev–Trinajstić information content (AvgIpc) is 2.58. The van der Waals surface area contributed by atoms with Gasteiger partial charge in [-0.1, -0.05) is 12.5 Å². The van der Waals surface area contributed by atoms with E-state index in [1.54, 1.807) is 11.3 Å². The molecule has 2 nitrogen and oxygen atoms in total. The van der Waals surface area contributed by atoms with E-state index in [9.17, 15) is 0 Å². The average molecular weight is 224 g/mol. The van der Waals surface area contributed by atoms with E-state index in [-0.39, 0.29) is 0 Å². The minimum atomic E-state index is 0.397. The highest BCUT2D eigenvalue weighted by Gasteiger charge is 2.13. The second-order valence-corrected chi connectivity index (χ2v) is 5.22. The standard InChI is InChI=1S/C12H20N2S/c1-5-6-13-11(7-9(2)3)12-8-14-10(4)15-12/h8,11,13H,2,5-7H2,1,3-4H3. The summed E-state index contributed by atoms with van der Waals surface area (Å²) >= 11 is 1.77. The third kappa shape index (κ3) is 4.14. The number of rotatable bonds is 6. The quantitative estimate of drug-likeness (QED) is 0.749. The van der Waals surface area contributed by atoms with Crippen molar-refractivity contribution in [1.82, 2.24) is 10.3 Å². The fourth-order valence-electron chi connectivity index (χ4n) is 1.48. The highest BCUT2D eigenvalue weighted by Crippen LogP contribution is 2.25. The lowest BCUT2D eigenvalue weighted by atomic mass is 10.1. The van der Waals surface area contributed by atoms with Crippen molar-refractivity contribution in [3.8, 4) is 0 Å². The maximum atomic E-state index is 4.30. The summed E-state index contributed by atoms with van der Waals surface area (Å²) in [5, 5.41) is 4.67. The minimum Gasteiger partial charge on any atom is -0.309 e. The second kappa shape index (κ2) is 6.03. The number of hydrogen-bond acceptors (Lipinski definition) is 3. The Labute approximate surface area is 96.4 Å². The predicted molar refractivity (Wildman–Crippen MR) is 67.3 cm³/mol. The van der Waals surface area contributed by atoms with Crippen molar-refractivity contribution in [1.29, 1.82) is 0 Å². The summed E-state index contributed by atoms with van der Waals surface area (Å²) in [7, 11) is 0. The maximum absolute atomic E-state index is 4.30. The van der Waals surface area contributed by atoms with Gasteiger partial charge >= 0.3 is 0 Å². The Hall–Kier alpha value is -0.670. The van der Waals surface area contributed by atoms with Crippen LogP contribution in [0.1, 0.15) is 42.6 Å². The van der Waals surface area contributed by atoms with Crippen LogP contribution in [0.3, 0.4) is 0 Å². The molecule has 0 radical (unpaired) electrons. The van der Waals surface area contributed by atoms with Gasteiger partial charge in [0.2, 0.25) is 0 Å². The number of nitrogens with one attached hydrogen (secondary N) is 1. The molecular formula is C12H20N2S.